The minimum atomic E-state index is -0.869. The van der Waals surface area contributed by atoms with Gasteiger partial charge >= 0.3 is 5.97 Å². The summed E-state index contributed by atoms with van der Waals surface area (Å²) in [7, 11) is 1.46. The summed E-state index contributed by atoms with van der Waals surface area (Å²) in [6.07, 6.45) is 1.09. The summed E-state index contributed by atoms with van der Waals surface area (Å²) in [5.41, 5.74) is 0. The van der Waals surface area contributed by atoms with Crippen LogP contribution in [-0.2, 0) is 9.53 Å². The van der Waals surface area contributed by atoms with Gasteiger partial charge in [0.05, 0.1) is 12.0 Å². The lowest BCUT2D eigenvalue weighted by Gasteiger charge is -2.13. The molecule has 0 bridgehead atoms. The van der Waals surface area contributed by atoms with Crippen LogP contribution in [0.3, 0.4) is 0 Å². The first kappa shape index (κ1) is 9.17. The minimum Gasteiger partial charge on any atom is -0.481 e. The third-order valence-corrected chi connectivity index (χ3v) is 1.39. The second-order valence-corrected chi connectivity index (χ2v) is 2.06. The van der Waals surface area contributed by atoms with E-state index in [-0.39, 0.29) is 0 Å². The summed E-state index contributed by atoms with van der Waals surface area (Å²) in [5.74, 6) is -1.39. The average Bonchev–Trinajstić information content (AvgIpc) is 1.90. The molecule has 0 radical (unpaired) electrons. The Morgan fingerprint density at radius 2 is 2.30 bits per heavy atom. The summed E-state index contributed by atoms with van der Waals surface area (Å²) in [4.78, 5) is 10.3. The average molecular weight is 144 g/mol. The van der Waals surface area contributed by atoms with Crippen molar-refractivity contribution >= 4 is 5.97 Å². The molecule has 3 heteroatoms. The third kappa shape index (κ3) is 2.19. The zero-order chi connectivity index (χ0) is 8.15. The van der Waals surface area contributed by atoms with Gasteiger partial charge in [-0.3, -0.25) is 4.79 Å². The second-order valence-electron chi connectivity index (χ2n) is 2.06. The number of ether oxygens (including phenoxy) is 1. The first-order valence-electron chi connectivity index (χ1n) is 3.01. The van der Waals surface area contributed by atoms with Crippen LogP contribution >= 0.6 is 0 Å². The zero-order valence-electron chi connectivity index (χ0n) is 6.20. The molecule has 0 aromatic rings. The highest BCUT2D eigenvalue weighted by molar-refractivity contribution is 5.70. The fourth-order valence-corrected chi connectivity index (χ4v) is 0.645. The zero-order valence-corrected chi connectivity index (χ0v) is 6.20. The molecule has 0 spiro atoms. The van der Waals surface area contributed by atoms with Crippen molar-refractivity contribution in [2.45, 2.75) is 13.0 Å². The molecule has 0 aliphatic carbocycles. The van der Waals surface area contributed by atoms with Gasteiger partial charge in [-0.05, 0) is 6.92 Å². The first-order valence-corrected chi connectivity index (χ1v) is 3.01. The lowest BCUT2D eigenvalue weighted by molar-refractivity contribution is -0.144. The van der Waals surface area contributed by atoms with Crippen LogP contribution < -0.4 is 0 Å². The van der Waals surface area contributed by atoms with Crippen molar-refractivity contribution in [3.8, 4) is 0 Å². The maximum Gasteiger partial charge on any atom is 0.309 e. The number of rotatable bonds is 4. The molecule has 2 atom stereocenters. The van der Waals surface area contributed by atoms with E-state index in [0.29, 0.717) is 0 Å². The molecule has 0 aromatic heterocycles. The predicted octanol–water partition coefficient (Wildman–Crippen LogP) is 0.908. The molecule has 0 aromatic carbocycles. The van der Waals surface area contributed by atoms with Gasteiger partial charge in [0, 0.05) is 7.11 Å². The molecule has 0 aliphatic heterocycles. The Labute approximate surface area is 60.3 Å². The Bertz CT molecular complexity index is 131. The van der Waals surface area contributed by atoms with Crippen LogP contribution in [0.2, 0.25) is 0 Å². The number of methoxy groups -OCH3 is 1. The highest BCUT2D eigenvalue weighted by atomic mass is 16.5. The van der Waals surface area contributed by atoms with Crippen LogP contribution in [-0.4, -0.2) is 24.3 Å². The van der Waals surface area contributed by atoms with E-state index in [2.05, 4.69) is 6.58 Å². The monoisotopic (exact) mass is 144 g/mol. The summed E-state index contributed by atoms with van der Waals surface area (Å²) in [6, 6.07) is 0. The van der Waals surface area contributed by atoms with Crippen LogP contribution in [0.5, 0.6) is 0 Å². The first-order chi connectivity index (χ1) is 4.63. The standard InChI is InChI=1S/C7H12O3/c1-4-6(10-3)5(2)7(8)9/h4-6H,1H2,2-3H3,(H,8,9)/t5-,6+/m0/s1. The van der Waals surface area contributed by atoms with Crippen molar-refractivity contribution in [2.24, 2.45) is 5.92 Å². The number of carboxylic acid groups (broad SMARTS) is 1. The van der Waals surface area contributed by atoms with E-state index in [1.807, 2.05) is 0 Å². The topological polar surface area (TPSA) is 46.5 Å². The van der Waals surface area contributed by atoms with Gasteiger partial charge in [0.1, 0.15) is 0 Å². The summed E-state index contributed by atoms with van der Waals surface area (Å²) in [6.45, 7) is 5.03. The smallest absolute Gasteiger partial charge is 0.309 e. The van der Waals surface area contributed by atoms with Crippen molar-refractivity contribution in [2.75, 3.05) is 7.11 Å². The van der Waals surface area contributed by atoms with Crippen LogP contribution in [0, 0.1) is 5.92 Å². The molecule has 1 N–H and O–H groups in total. The second kappa shape index (κ2) is 4.06. The van der Waals surface area contributed by atoms with E-state index in [1.165, 1.54) is 13.2 Å². The largest absolute Gasteiger partial charge is 0.481 e. The van der Waals surface area contributed by atoms with E-state index in [4.69, 9.17) is 9.84 Å². The van der Waals surface area contributed by atoms with Crippen LogP contribution in [0.4, 0.5) is 0 Å². The SMILES string of the molecule is C=C[C@@H](OC)[C@H](C)C(=O)O. The molecule has 0 saturated carbocycles. The molecular formula is C7H12O3. The van der Waals surface area contributed by atoms with Gasteiger partial charge in [0.25, 0.3) is 0 Å². The minimum absolute atomic E-state index is 0.391. The van der Waals surface area contributed by atoms with Crippen molar-refractivity contribution < 1.29 is 14.6 Å². The van der Waals surface area contributed by atoms with E-state index >= 15 is 0 Å². The van der Waals surface area contributed by atoms with Gasteiger partial charge in [-0.2, -0.15) is 0 Å². The normalized spacial score (nSPS) is 15.8. The Hall–Kier alpha value is -0.830. The number of hydrogen-bond donors (Lipinski definition) is 1. The Morgan fingerprint density at radius 3 is 2.40 bits per heavy atom. The highest BCUT2D eigenvalue weighted by Crippen LogP contribution is 2.06. The predicted molar refractivity (Wildman–Crippen MR) is 37.8 cm³/mol. The number of hydrogen-bond acceptors (Lipinski definition) is 2. The maximum atomic E-state index is 10.3. The molecule has 0 rings (SSSR count). The Morgan fingerprint density at radius 1 is 1.80 bits per heavy atom. The Kier molecular flexibility index (Phi) is 3.72. The summed E-state index contributed by atoms with van der Waals surface area (Å²) < 4.78 is 4.82. The summed E-state index contributed by atoms with van der Waals surface area (Å²) >= 11 is 0. The van der Waals surface area contributed by atoms with E-state index in [9.17, 15) is 4.79 Å². The molecule has 0 fully saturated rings. The number of aliphatic carboxylic acids is 1. The quantitative estimate of drug-likeness (QED) is 0.596. The van der Waals surface area contributed by atoms with Crippen molar-refractivity contribution in [1.82, 2.24) is 0 Å². The van der Waals surface area contributed by atoms with E-state index < -0.39 is 18.0 Å². The fraction of sp³-hybridized carbons (Fsp3) is 0.571. The lowest BCUT2D eigenvalue weighted by atomic mass is 10.1. The maximum absolute atomic E-state index is 10.3. The summed E-state index contributed by atoms with van der Waals surface area (Å²) in [5, 5.41) is 8.49. The van der Waals surface area contributed by atoms with Gasteiger partial charge in [0.15, 0.2) is 0 Å². The molecule has 3 nitrogen and oxygen atoms in total. The molecule has 0 unspecified atom stereocenters. The number of carboxylic acids is 1. The molecule has 0 heterocycles. The lowest BCUT2D eigenvalue weighted by Crippen LogP contribution is -2.25. The molecular weight excluding hydrogens is 132 g/mol. The van der Waals surface area contributed by atoms with Gasteiger partial charge < -0.3 is 9.84 Å². The fourth-order valence-electron chi connectivity index (χ4n) is 0.645. The van der Waals surface area contributed by atoms with Gasteiger partial charge in [-0.25, -0.2) is 0 Å². The van der Waals surface area contributed by atoms with Crippen LogP contribution in [0.25, 0.3) is 0 Å². The molecule has 10 heavy (non-hydrogen) atoms. The molecule has 58 valence electrons. The number of carbonyl (C=O) groups is 1. The van der Waals surface area contributed by atoms with Crippen LogP contribution in [0.1, 0.15) is 6.92 Å². The van der Waals surface area contributed by atoms with Crippen molar-refractivity contribution in [1.29, 1.82) is 0 Å². The Balaban J connectivity index is 4.00. The van der Waals surface area contributed by atoms with Crippen molar-refractivity contribution in [3.63, 3.8) is 0 Å². The third-order valence-electron chi connectivity index (χ3n) is 1.39. The van der Waals surface area contributed by atoms with Gasteiger partial charge in [0.2, 0.25) is 0 Å². The van der Waals surface area contributed by atoms with E-state index in [1.54, 1.807) is 6.92 Å². The van der Waals surface area contributed by atoms with Gasteiger partial charge in [-0.1, -0.05) is 6.08 Å². The molecule has 0 aliphatic rings. The van der Waals surface area contributed by atoms with Crippen LogP contribution in [0.15, 0.2) is 12.7 Å². The molecule has 0 amide bonds. The molecule has 0 saturated heterocycles. The van der Waals surface area contributed by atoms with Gasteiger partial charge in [-0.15, -0.1) is 6.58 Å². The highest BCUT2D eigenvalue weighted by Gasteiger charge is 2.19. The van der Waals surface area contributed by atoms with Crippen molar-refractivity contribution in [3.05, 3.63) is 12.7 Å². The van der Waals surface area contributed by atoms with E-state index in [0.717, 1.165) is 0 Å².